The van der Waals surface area contributed by atoms with Gasteiger partial charge in [0.1, 0.15) is 24.4 Å². The quantitative estimate of drug-likeness (QED) is 0.388. The van der Waals surface area contributed by atoms with Crippen molar-refractivity contribution in [3.05, 3.63) is 60.7 Å². The Bertz CT molecular complexity index is 654. The van der Waals surface area contributed by atoms with E-state index in [0.717, 1.165) is 0 Å². The number of ether oxygens (including phenoxy) is 4. The van der Waals surface area contributed by atoms with Crippen LogP contribution in [0.3, 0.4) is 0 Å². The number of rotatable bonds is 8. The average molecular weight is 372 g/mol. The molecule has 2 aromatic carbocycles. The summed E-state index contributed by atoms with van der Waals surface area (Å²) >= 11 is 0. The molecule has 2 heterocycles. The van der Waals surface area contributed by atoms with Gasteiger partial charge in [0.05, 0.1) is 6.61 Å². The van der Waals surface area contributed by atoms with Crippen molar-refractivity contribution in [3.63, 3.8) is 0 Å². The predicted molar refractivity (Wildman–Crippen MR) is 100 cm³/mol. The average Bonchev–Trinajstić information content (AvgIpc) is 3.42. The molecule has 0 radical (unpaired) electrons. The fraction of sp³-hybridized carbons (Fsp3) is 0.400. The summed E-state index contributed by atoms with van der Waals surface area (Å²) in [7, 11) is 1.46. The molecular weight excluding hydrogens is 348 g/mol. The van der Waals surface area contributed by atoms with Gasteiger partial charge >= 0.3 is 0 Å². The molecule has 2 aromatic rings. The van der Waals surface area contributed by atoms with Gasteiger partial charge in [0.25, 0.3) is 0 Å². The minimum absolute atomic E-state index is 0.0436. The summed E-state index contributed by atoms with van der Waals surface area (Å²) in [5, 5.41) is 2.52. The van der Waals surface area contributed by atoms with Crippen LogP contribution in [0.25, 0.3) is 0 Å². The van der Waals surface area contributed by atoms with E-state index in [-0.39, 0.29) is 24.4 Å². The molecule has 0 aromatic heterocycles. The standard InChI is InChI=1S/C20H24O5Si/c1-21-20(22-2)19-18-17(25-18)16(24-19)13-23-26(14-9-5-3-6-10-14)15-11-7-4-8-12-15/h3-12,16-20,26H,13H2,1-2H3/t16-,17+,18+,19+/m0/s1. The first-order valence-corrected chi connectivity index (χ1v) is 10.5. The number of hydrogen-bond acceptors (Lipinski definition) is 5. The van der Waals surface area contributed by atoms with Crippen LogP contribution in [0.15, 0.2) is 60.7 Å². The zero-order valence-corrected chi connectivity index (χ0v) is 16.1. The number of methoxy groups -OCH3 is 2. The molecule has 0 unspecified atom stereocenters. The number of hydrogen-bond donors (Lipinski definition) is 0. The van der Waals surface area contributed by atoms with E-state index in [1.54, 1.807) is 14.2 Å². The molecule has 0 bridgehead atoms. The summed E-state index contributed by atoms with van der Waals surface area (Å²) in [6.45, 7) is 0.512. The second kappa shape index (κ2) is 8.00. The van der Waals surface area contributed by atoms with Gasteiger partial charge in [-0.2, -0.15) is 0 Å². The molecule has 0 saturated carbocycles. The third-order valence-electron chi connectivity index (χ3n) is 4.95. The summed E-state index contributed by atoms with van der Waals surface area (Å²) < 4.78 is 29.0. The van der Waals surface area contributed by atoms with Crippen LogP contribution < -0.4 is 10.4 Å². The largest absolute Gasteiger partial charge is 0.408 e. The number of benzene rings is 2. The predicted octanol–water partition coefficient (Wildman–Crippen LogP) is 0.695. The van der Waals surface area contributed by atoms with Gasteiger partial charge in [0.15, 0.2) is 6.29 Å². The molecule has 6 heteroatoms. The van der Waals surface area contributed by atoms with Crippen molar-refractivity contribution in [2.45, 2.75) is 30.7 Å². The van der Waals surface area contributed by atoms with Gasteiger partial charge in [-0.25, -0.2) is 0 Å². The maximum absolute atomic E-state index is 6.44. The molecule has 2 fully saturated rings. The molecule has 2 saturated heterocycles. The van der Waals surface area contributed by atoms with Crippen molar-refractivity contribution >= 4 is 19.4 Å². The van der Waals surface area contributed by atoms with E-state index in [9.17, 15) is 0 Å². The summed E-state index contributed by atoms with van der Waals surface area (Å²) in [4.78, 5) is 0. The van der Waals surface area contributed by atoms with E-state index < -0.39 is 15.3 Å². The van der Waals surface area contributed by atoms with Crippen LogP contribution in [-0.4, -0.2) is 60.6 Å². The molecule has 2 aliphatic heterocycles. The van der Waals surface area contributed by atoms with Crippen LogP contribution in [0.5, 0.6) is 0 Å². The molecule has 0 spiro atoms. The van der Waals surface area contributed by atoms with E-state index in [2.05, 4.69) is 48.5 Å². The van der Waals surface area contributed by atoms with Gasteiger partial charge in [-0.1, -0.05) is 60.7 Å². The van der Waals surface area contributed by atoms with Crippen LogP contribution in [0.1, 0.15) is 0 Å². The fourth-order valence-electron chi connectivity index (χ4n) is 3.61. The van der Waals surface area contributed by atoms with Gasteiger partial charge in [-0.15, -0.1) is 0 Å². The van der Waals surface area contributed by atoms with Crippen LogP contribution in [0.4, 0.5) is 0 Å². The smallest absolute Gasteiger partial charge is 0.239 e. The van der Waals surface area contributed by atoms with Crippen molar-refractivity contribution in [1.82, 2.24) is 0 Å². The Morgan fingerprint density at radius 1 is 0.846 bits per heavy atom. The Labute approximate surface area is 155 Å². The van der Waals surface area contributed by atoms with E-state index >= 15 is 0 Å². The van der Waals surface area contributed by atoms with Crippen molar-refractivity contribution in [1.29, 1.82) is 0 Å². The topological polar surface area (TPSA) is 49.5 Å². The molecule has 4 atom stereocenters. The monoisotopic (exact) mass is 372 g/mol. The maximum Gasteiger partial charge on any atom is 0.239 e. The van der Waals surface area contributed by atoms with Crippen molar-refractivity contribution in [3.8, 4) is 0 Å². The van der Waals surface area contributed by atoms with E-state index in [1.165, 1.54) is 10.4 Å². The minimum Gasteiger partial charge on any atom is -0.408 e. The molecule has 4 rings (SSSR count). The molecule has 0 aliphatic carbocycles. The lowest BCUT2D eigenvalue weighted by atomic mass is 10.2. The molecule has 26 heavy (non-hydrogen) atoms. The molecule has 2 aliphatic rings. The van der Waals surface area contributed by atoms with Crippen LogP contribution in [-0.2, 0) is 23.4 Å². The summed E-state index contributed by atoms with van der Waals surface area (Å²) in [6, 6.07) is 20.9. The Kier molecular flexibility index (Phi) is 5.49. The summed E-state index contributed by atoms with van der Waals surface area (Å²) in [5.74, 6) is 0. The lowest BCUT2D eigenvalue weighted by molar-refractivity contribution is -0.197. The minimum atomic E-state index is -1.77. The highest BCUT2D eigenvalue weighted by Gasteiger charge is 2.60. The lowest BCUT2D eigenvalue weighted by Crippen LogP contribution is -2.47. The molecule has 5 nitrogen and oxygen atoms in total. The maximum atomic E-state index is 6.44. The van der Waals surface area contributed by atoms with Gasteiger partial charge < -0.3 is 23.4 Å². The Hall–Kier alpha value is -1.54. The Morgan fingerprint density at radius 3 is 1.96 bits per heavy atom. The third-order valence-corrected chi connectivity index (χ3v) is 7.45. The molecular formula is C20H24O5Si. The Balaban J connectivity index is 1.45. The van der Waals surface area contributed by atoms with Gasteiger partial charge in [-0.05, 0) is 10.4 Å². The highest BCUT2D eigenvalue weighted by molar-refractivity contribution is 6.80. The third kappa shape index (κ3) is 3.62. The highest BCUT2D eigenvalue weighted by Crippen LogP contribution is 2.41. The zero-order valence-electron chi connectivity index (χ0n) is 15.0. The highest BCUT2D eigenvalue weighted by atomic mass is 28.3. The first-order valence-electron chi connectivity index (χ1n) is 8.90. The zero-order chi connectivity index (χ0) is 17.9. The van der Waals surface area contributed by atoms with Crippen molar-refractivity contribution in [2.24, 2.45) is 0 Å². The molecule has 0 N–H and O–H groups in total. The number of epoxide rings is 1. The normalized spacial score (nSPS) is 27.1. The van der Waals surface area contributed by atoms with Crippen molar-refractivity contribution in [2.75, 3.05) is 20.8 Å². The molecule has 138 valence electrons. The van der Waals surface area contributed by atoms with E-state index in [1.807, 2.05) is 12.1 Å². The second-order valence-electron chi connectivity index (χ2n) is 6.58. The van der Waals surface area contributed by atoms with Gasteiger partial charge in [0.2, 0.25) is 9.04 Å². The lowest BCUT2D eigenvalue weighted by Gasteiger charge is -2.25. The number of fused-ring (bicyclic) bond motifs is 1. The van der Waals surface area contributed by atoms with Crippen molar-refractivity contribution < 1.29 is 23.4 Å². The molecule has 0 amide bonds. The summed E-state index contributed by atoms with van der Waals surface area (Å²) in [5.41, 5.74) is 0. The van der Waals surface area contributed by atoms with Crippen LogP contribution in [0, 0.1) is 0 Å². The van der Waals surface area contributed by atoms with Crippen LogP contribution >= 0.6 is 0 Å². The Morgan fingerprint density at radius 2 is 1.42 bits per heavy atom. The second-order valence-corrected chi connectivity index (χ2v) is 9.01. The van der Waals surface area contributed by atoms with Crippen LogP contribution in [0.2, 0.25) is 0 Å². The fourth-order valence-corrected chi connectivity index (χ4v) is 5.90. The van der Waals surface area contributed by atoms with Gasteiger partial charge in [0, 0.05) is 14.2 Å². The first-order chi connectivity index (χ1) is 12.8. The van der Waals surface area contributed by atoms with E-state index in [4.69, 9.17) is 23.4 Å². The first kappa shape index (κ1) is 17.9. The van der Waals surface area contributed by atoms with E-state index in [0.29, 0.717) is 6.61 Å². The summed E-state index contributed by atoms with van der Waals surface area (Å²) in [6.07, 6.45) is -0.570. The van der Waals surface area contributed by atoms with Gasteiger partial charge in [-0.3, -0.25) is 0 Å². The SMILES string of the molecule is COC(OC)[C@@H]1O[C@@H](CO[SiH](c2ccccc2)c2ccccc2)[C@H]2O[C@H]21.